The number of sulfonamides is 1. The Kier molecular flexibility index (Phi) is 5.75. The molecule has 0 fully saturated rings. The fraction of sp³-hybridized carbons (Fsp3) is 0.0400. The van der Waals surface area contributed by atoms with Gasteiger partial charge < -0.3 is 0 Å². The van der Waals surface area contributed by atoms with Crippen LogP contribution >= 0.6 is 0 Å². The summed E-state index contributed by atoms with van der Waals surface area (Å²) in [6.07, 6.45) is 1.44. The third-order valence-electron chi connectivity index (χ3n) is 5.16. The van der Waals surface area contributed by atoms with Crippen molar-refractivity contribution in [3.63, 3.8) is 0 Å². The molecule has 2 aromatic carbocycles. The molecule has 6 nitrogen and oxygen atoms in total. The van der Waals surface area contributed by atoms with E-state index in [1.54, 1.807) is 36.4 Å². The van der Waals surface area contributed by atoms with Crippen molar-refractivity contribution in [1.29, 1.82) is 0 Å². The van der Waals surface area contributed by atoms with Crippen LogP contribution in [0.1, 0.15) is 16.7 Å². The zero-order valence-electron chi connectivity index (χ0n) is 17.2. The third kappa shape index (κ3) is 4.38. The average Bonchev–Trinajstić information content (AvgIpc) is 3.02. The molecule has 0 unspecified atom stereocenters. The van der Waals surface area contributed by atoms with Crippen molar-refractivity contribution >= 4 is 21.3 Å². The van der Waals surface area contributed by atoms with Crippen molar-refractivity contribution in [2.24, 2.45) is 0 Å². The minimum Gasteiger partial charge on any atom is -0.286 e. The Labute approximate surface area is 186 Å². The van der Waals surface area contributed by atoms with Gasteiger partial charge in [0.1, 0.15) is 0 Å². The van der Waals surface area contributed by atoms with Crippen LogP contribution in [-0.2, 0) is 10.0 Å². The molecule has 4 rings (SSSR count). The normalized spacial score (nSPS) is 12.0. The smallest absolute Gasteiger partial charge is 0.269 e. The number of hydrogen-bond donors (Lipinski definition) is 1. The molecule has 1 N–H and O–H groups in total. The lowest BCUT2D eigenvalue weighted by Crippen LogP contribution is -2.18. The summed E-state index contributed by atoms with van der Waals surface area (Å²) in [6, 6.07) is 26.2. The van der Waals surface area contributed by atoms with Crippen LogP contribution in [0.2, 0.25) is 0 Å². The highest BCUT2D eigenvalue weighted by molar-refractivity contribution is 7.89. The minimum atomic E-state index is -3.79. The number of non-ortho nitro benzene ring substituents is 1. The summed E-state index contributed by atoms with van der Waals surface area (Å²) in [4.78, 5) is 10.7. The van der Waals surface area contributed by atoms with Crippen LogP contribution < -0.4 is 4.72 Å². The third-order valence-corrected chi connectivity index (χ3v) is 6.48. The van der Waals surface area contributed by atoms with Crippen LogP contribution in [0.5, 0.6) is 0 Å². The van der Waals surface area contributed by atoms with Crippen LogP contribution in [0.25, 0.3) is 16.7 Å². The van der Waals surface area contributed by atoms with Crippen molar-refractivity contribution in [2.75, 3.05) is 0 Å². The van der Waals surface area contributed by atoms with E-state index < -0.39 is 14.9 Å². The number of nitrogens with zero attached hydrogens (tertiary/aromatic N) is 1. The standard InChI is InChI=1S/C25H20N2O4S/c1-18-7-14-22(15-8-18)32(30,31)26-17-25(20-9-12-21(13-10-20)27(28)29)24-16-11-19-5-3-2-4-6-23(19)24/h2-17,26H,1H3. The molecule has 32 heavy (non-hydrogen) atoms. The number of nitro benzene ring substituents is 1. The maximum absolute atomic E-state index is 12.9. The van der Waals surface area contributed by atoms with E-state index in [1.807, 2.05) is 49.4 Å². The van der Waals surface area contributed by atoms with Gasteiger partial charge in [0.05, 0.1) is 9.82 Å². The Hall–Kier alpha value is -3.97. The highest BCUT2D eigenvalue weighted by atomic mass is 32.2. The number of nitro groups is 1. The molecule has 7 heteroatoms. The maximum Gasteiger partial charge on any atom is 0.269 e. The van der Waals surface area contributed by atoms with E-state index in [4.69, 9.17) is 0 Å². The Morgan fingerprint density at radius 1 is 0.875 bits per heavy atom. The molecule has 2 aliphatic rings. The lowest BCUT2D eigenvalue weighted by atomic mass is 9.97. The number of fused-ring (bicyclic) bond motifs is 1. The quantitative estimate of drug-likeness (QED) is 0.320. The molecule has 0 bridgehead atoms. The van der Waals surface area contributed by atoms with Crippen LogP contribution in [0.15, 0.2) is 102 Å². The SMILES string of the molecule is Cc1ccc(S(=O)(=O)NC=C(c2ccc([N+](=O)[O-])cc2)c2ccc3cccccc2-3)cc1. The van der Waals surface area contributed by atoms with Crippen LogP contribution in [0, 0.1) is 17.0 Å². The van der Waals surface area contributed by atoms with Crippen molar-refractivity contribution < 1.29 is 13.3 Å². The van der Waals surface area contributed by atoms with E-state index in [-0.39, 0.29) is 10.6 Å². The van der Waals surface area contributed by atoms with Gasteiger partial charge in [-0.1, -0.05) is 60.2 Å². The highest BCUT2D eigenvalue weighted by Gasteiger charge is 2.17. The maximum atomic E-state index is 12.9. The average molecular weight is 445 g/mol. The second-order valence-electron chi connectivity index (χ2n) is 7.32. The van der Waals surface area contributed by atoms with Gasteiger partial charge in [-0.05, 0) is 53.4 Å². The number of rotatable bonds is 6. The predicted molar refractivity (Wildman–Crippen MR) is 125 cm³/mol. The van der Waals surface area contributed by atoms with Crippen molar-refractivity contribution in [3.8, 4) is 11.1 Å². The van der Waals surface area contributed by atoms with Gasteiger partial charge in [0.25, 0.3) is 15.7 Å². The van der Waals surface area contributed by atoms with E-state index in [1.165, 1.54) is 18.3 Å². The number of nitrogens with one attached hydrogen (secondary N) is 1. The summed E-state index contributed by atoms with van der Waals surface area (Å²) in [6.45, 7) is 1.89. The van der Waals surface area contributed by atoms with E-state index >= 15 is 0 Å². The lowest BCUT2D eigenvalue weighted by Gasteiger charge is -2.11. The molecule has 2 aromatic rings. The first kappa shape index (κ1) is 21.3. The second kappa shape index (κ2) is 8.64. The van der Waals surface area contributed by atoms with E-state index in [0.29, 0.717) is 11.1 Å². The van der Waals surface area contributed by atoms with Crippen LogP contribution in [0.3, 0.4) is 0 Å². The van der Waals surface area contributed by atoms with Crippen molar-refractivity contribution in [3.05, 3.63) is 124 Å². The molecule has 160 valence electrons. The molecule has 0 amide bonds. The largest absolute Gasteiger partial charge is 0.286 e. The van der Waals surface area contributed by atoms with Crippen molar-refractivity contribution in [2.45, 2.75) is 11.8 Å². The molecule has 0 heterocycles. The van der Waals surface area contributed by atoms with Crippen molar-refractivity contribution in [1.82, 2.24) is 4.72 Å². The minimum absolute atomic E-state index is 0.0351. The summed E-state index contributed by atoms with van der Waals surface area (Å²) in [5.41, 5.74) is 4.94. The van der Waals surface area contributed by atoms with E-state index in [2.05, 4.69) is 4.72 Å². The Morgan fingerprint density at radius 2 is 1.56 bits per heavy atom. The molecular formula is C25H20N2O4S. The summed E-state index contributed by atoms with van der Waals surface area (Å²) < 4.78 is 28.3. The number of aryl methyl sites for hydroxylation is 1. The molecule has 2 aliphatic carbocycles. The molecule has 0 aromatic heterocycles. The molecular weight excluding hydrogens is 424 g/mol. The Bertz CT molecular complexity index is 1380. The topological polar surface area (TPSA) is 89.3 Å². The van der Waals surface area contributed by atoms with E-state index in [9.17, 15) is 18.5 Å². The monoisotopic (exact) mass is 444 g/mol. The van der Waals surface area contributed by atoms with Gasteiger partial charge in [0.15, 0.2) is 0 Å². The second-order valence-corrected chi connectivity index (χ2v) is 9.04. The van der Waals surface area contributed by atoms with Gasteiger partial charge in [-0.15, -0.1) is 0 Å². The highest BCUT2D eigenvalue weighted by Crippen LogP contribution is 2.35. The zero-order chi connectivity index (χ0) is 22.7. The lowest BCUT2D eigenvalue weighted by molar-refractivity contribution is -0.384. The molecule has 0 atom stereocenters. The molecule has 0 saturated heterocycles. The molecule has 0 saturated carbocycles. The van der Waals surface area contributed by atoms with Crippen LogP contribution in [0.4, 0.5) is 5.69 Å². The van der Waals surface area contributed by atoms with Gasteiger partial charge in [-0.3, -0.25) is 14.8 Å². The van der Waals surface area contributed by atoms with Gasteiger partial charge >= 0.3 is 0 Å². The fourth-order valence-corrected chi connectivity index (χ4v) is 4.35. The fourth-order valence-electron chi connectivity index (χ4n) is 3.45. The number of benzene rings is 2. The predicted octanol–water partition coefficient (Wildman–Crippen LogP) is 5.38. The molecule has 0 spiro atoms. The van der Waals surface area contributed by atoms with Crippen LogP contribution in [-0.4, -0.2) is 13.3 Å². The van der Waals surface area contributed by atoms with Gasteiger partial charge in [-0.2, -0.15) is 0 Å². The Balaban J connectivity index is 1.80. The molecule has 0 aliphatic heterocycles. The van der Waals surface area contributed by atoms with Gasteiger partial charge in [0.2, 0.25) is 0 Å². The zero-order valence-corrected chi connectivity index (χ0v) is 18.0. The summed E-state index contributed by atoms with van der Waals surface area (Å²) in [5, 5.41) is 11.1. The Morgan fingerprint density at radius 3 is 2.25 bits per heavy atom. The first-order valence-corrected chi connectivity index (χ1v) is 11.4. The summed E-state index contributed by atoms with van der Waals surface area (Å²) in [5.74, 6) is 0. The summed E-state index contributed by atoms with van der Waals surface area (Å²) >= 11 is 0. The molecule has 0 radical (unpaired) electrons. The first-order chi connectivity index (χ1) is 15.3. The summed E-state index contributed by atoms with van der Waals surface area (Å²) in [7, 11) is -3.79. The van der Waals surface area contributed by atoms with E-state index in [0.717, 1.165) is 22.3 Å². The van der Waals surface area contributed by atoms with Gasteiger partial charge in [0, 0.05) is 23.9 Å². The van der Waals surface area contributed by atoms with Gasteiger partial charge in [-0.25, -0.2) is 8.42 Å². The first-order valence-electron chi connectivity index (χ1n) is 9.87. The number of hydrogen-bond acceptors (Lipinski definition) is 4.